The van der Waals surface area contributed by atoms with E-state index in [2.05, 4.69) is 6.58 Å². The highest BCUT2D eigenvalue weighted by atomic mass is 16.1. The van der Waals surface area contributed by atoms with E-state index in [1.807, 2.05) is 13.8 Å². The Hall–Kier alpha value is -0.850. The second-order valence-corrected chi connectivity index (χ2v) is 1.83. The molecule has 0 saturated heterocycles. The van der Waals surface area contributed by atoms with Crippen molar-refractivity contribution in [1.29, 1.82) is 0 Å². The molecule has 0 aromatic heterocycles. The van der Waals surface area contributed by atoms with Crippen LogP contribution in [-0.2, 0) is 4.79 Å². The second kappa shape index (κ2) is 3.19. The monoisotopic (exact) mass is 110 g/mol. The average molecular weight is 110 g/mol. The third-order valence-electron chi connectivity index (χ3n) is 0.632. The minimum atomic E-state index is -0.0231. The third kappa shape index (κ3) is 3.34. The number of hydrogen-bond acceptors (Lipinski definition) is 1. The third-order valence-corrected chi connectivity index (χ3v) is 0.632. The van der Waals surface area contributed by atoms with E-state index in [9.17, 15) is 4.79 Å². The van der Waals surface area contributed by atoms with E-state index >= 15 is 0 Å². The van der Waals surface area contributed by atoms with Crippen LogP contribution in [0.15, 0.2) is 24.3 Å². The molecule has 0 unspecified atom stereocenters. The lowest BCUT2D eigenvalue weighted by molar-refractivity contribution is -0.110. The van der Waals surface area contributed by atoms with Crippen LogP contribution in [0.4, 0.5) is 0 Å². The van der Waals surface area contributed by atoms with Crippen molar-refractivity contribution in [3.05, 3.63) is 24.3 Å². The summed E-state index contributed by atoms with van der Waals surface area (Å²) in [4.78, 5) is 10.4. The first kappa shape index (κ1) is 7.15. The highest BCUT2D eigenvalue weighted by molar-refractivity contribution is 5.99. The van der Waals surface area contributed by atoms with E-state index in [-0.39, 0.29) is 5.78 Å². The van der Waals surface area contributed by atoms with Crippen molar-refractivity contribution < 1.29 is 4.79 Å². The Bertz CT molecular complexity index is 127. The van der Waals surface area contributed by atoms with Gasteiger partial charge in [0.15, 0.2) is 5.78 Å². The first-order valence-corrected chi connectivity index (χ1v) is 2.48. The predicted molar refractivity (Wildman–Crippen MR) is 34.6 cm³/mol. The number of ketones is 1. The van der Waals surface area contributed by atoms with Gasteiger partial charge in [-0.25, -0.2) is 0 Å². The van der Waals surface area contributed by atoms with Crippen LogP contribution in [0.1, 0.15) is 13.8 Å². The highest BCUT2D eigenvalue weighted by Crippen LogP contribution is 1.88. The molecular formula is C7H10O. The van der Waals surface area contributed by atoms with E-state index < -0.39 is 0 Å². The van der Waals surface area contributed by atoms with Crippen LogP contribution in [0.25, 0.3) is 0 Å². The molecular weight excluding hydrogens is 100 g/mol. The zero-order valence-electron chi connectivity index (χ0n) is 5.27. The van der Waals surface area contributed by atoms with Gasteiger partial charge in [0.2, 0.25) is 0 Å². The standard InChI is InChI=1S/C7H10O/c1-4-7(8)5-6(2)3/h4-5H,1H2,2-3H3. The summed E-state index contributed by atoms with van der Waals surface area (Å²) in [5.41, 5.74) is 1.01. The Kier molecular flexibility index (Phi) is 2.85. The van der Waals surface area contributed by atoms with Crippen molar-refractivity contribution in [3.8, 4) is 0 Å². The van der Waals surface area contributed by atoms with Gasteiger partial charge in [-0.05, 0) is 26.0 Å². The predicted octanol–water partition coefficient (Wildman–Crippen LogP) is 1.71. The Morgan fingerprint density at radius 1 is 1.50 bits per heavy atom. The number of carbonyl (C=O) groups is 1. The van der Waals surface area contributed by atoms with E-state index in [0.29, 0.717) is 0 Å². The number of hydrogen-bond donors (Lipinski definition) is 0. The van der Waals surface area contributed by atoms with Crippen molar-refractivity contribution >= 4 is 5.78 Å². The molecule has 0 rings (SSSR count). The van der Waals surface area contributed by atoms with Crippen molar-refractivity contribution in [3.63, 3.8) is 0 Å². The second-order valence-electron chi connectivity index (χ2n) is 1.83. The van der Waals surface area contributed by atoms with Gasteiger partial charge in [-0.1, -0.05) is 12.2 Å². The lowest BCUT2D eigenvalue weighted by Gasteiger charge is -1.82. The first-order valence-electron chi connectivity index (χ1n) is 2.48. The van der Waals surface area contributed by atoms with E-state index in [0.717, 1.165) is 5.57 Å². The van der Waals surface area contributed by atoms with E-state index in [4.69, 9.17) is 0 Å². The van der Waals surface area contributed by atoms with Crippen molar-refractivity contribution in [2.45, 2.75) is 13.8 Å². The smallest absolute Gasteiger partial charge is 0.177 e. The van der Waals surface area contributed by atoms with Crippen LogP contribution in [0.2, 0.25) is 0 Å². The fraction of sp³-hybridized carbons (Fsp3) is 0.286. The maximum absolute atomic E-state index is 10.4. The van der Waals surface area contributed by atoms with Crippen molar-refractivity contribution in [2.75, 3.05) is 0 Å². The van der Waals surface area contributed by atoms with Crippen molar-refractivity contribution in [2.24, 2.45) is 0 Å². The molecule has 0 N–H and O–H groups in total. The van der Waals surface area contributed by atoms with E-state index in [1.54, 1.807) is 6.08 Å². The zero-order chi connectivity index (χ0) is 6.57. The molecule has 1 heteroatoms. The van der Waals surface area contributed by atoms with Gasteiger partial charge < -0.3 is 0 Å². The number of allylic oxidation sites excluding steroid dienone is 3. The van der Waals surface area contributed by atoms with Gasteiger partial charge in [-0.2, -0.15) is 0 Å². The SMILES string of the molecule is C=CC(=O)C=C(C)C. The Morgan fingerprint density at radius 2 is 2.00 bits per heavy atom. The minimum absolute atomic E-state index is 0.0231. The summed E-state index contributed by atoms with van der Waals surface area (Å²) in [5, 5.41) is 0. The van der Waals surface area contributed by atoms with Crippen LogP contribution < -0.4 is 0 Å². The molecule has 0 atom stereocenters. The lowest BCUT2D eigenvalue weighted by Crippen LogP contribution is -1.83. The fourth-order valence-electron chi connectivity index (χ4n) is 0.343. The van der Waals surface area contributed by atoms with Gasteiger partial charge in [0, 0.05) is 0 Å². The molecule has 1 nitrogen and oxygen atoms in total. The molecule has 0 radical (unpaired) electrons. The quantitative estimate of drug-likeness (QED) is 0.494. The molecule has 0 heterocycles. The summed E-state index contributed by atoms with van der Waals surface area (Å²) in [6, 6.07) is 0. The van der Waals surface area contributed by atoms with Crippen LogP contribution >= 0.6 is 0 Å². The lowest BCUT2D eigenvalue weighted by atomic mass is 10.2. The molecule has 8 heavy (non-hydrogen) atoms. The normalized spacial score (nSPS) is 7.75. The molecule has 0 spiro atoms. The number of rotatable bonds is 2. The zero-order valence-corrected chi connectivity index (χ0v) is 5.27. The Balaban J connectivity index is 3.89. The molecule has 0 fully saturated rings. The first-order chi connectivity index (χ1) is 3.66. The summed E-state index contributed by atoms with van der Waals surface area (Å²) in [6.45, 7) is 7.07. The minimum Gasteiger partial charge on any atom is -0.290 e. The van der Waals surface area contributed by atoms with Gasteiger partial charge in [0.25, 0.3) is 0 Å². The van der Waals surface area contributed by atoms with Gasteiger partial charge >= 0.3 is 0 Å². The highest BCUT2D eigenvalue weighted by Gasteiger charge is 1.84. The van der Waals surface area contributed by atoms with Gasteiger partial charge in [0.05, 0.1) is 0 Å². The summed E-state index contributed by atoms with van der Waals surface area (Å²) in [6.07, 6.45) is 2.85. The van der Waals surface area contributed by atoms with Crippen LogP contribution in [0.3, 0.4) is 0 Å². The molecule has 0 saturated carbocycles. The largest absolute Gasteiger partial charge is 0.290 e. The molecule has 0 amide bonds. The van der Waals surface area contributed by atoms with Gasteiger partial charge in [-0.15, -0.1) is 0 Å². The van der Waals surface area contributed by atoms with Crippen LogP contribution in [0.5, 0.6) is 0 Å². The van der Waals surface area contributed by atoms with Crippen molar-refractivity contribution in [1.82, 2.24) is 0 Å². The molecule has 44 valence electrons. The molecule has 0 aliphatic heterocycles. The molecule has 0 aromatic rings. The van der Waals surface area contributed by atoms with Crippen LogP contribution in [-0.4, -0.2) is 5.78 Å². The molecule has 0 aliphatic rings. The maximum atomic E-state index is 10.4. The summed E-state index contributed by atoms with van der Waals surface area (Å²) in [5.74, 6) is -0.0231. The van der Waals surface area contributed by atoms with Crippen LogP contribution in [0, 0.1) is 0 Å². The average Bonchev–Trinajstić information content (AvgIpc) is 1.65. The van der Waals surface area contributed by atoms with E-state index in [1.165, 1.54) is 6.08 Å². The fourth-order valence-corrected chi connectivity index (χ4v) is 0.343. The van der Waals surface area contributed by atoms with Gasteiger partial charge in [0.1, 0.15) is 0 Å². The molecule has 0 aliphatic carbocycles. The van der Waals surface area contributed by atoms with Gasteiger partial charge in [-0.3, -0.25) is 4.79 Å². The topological polar surface area (TPSA) is 17.1 Å². The number of carbonyl (C=O) groups excluding carboxylic acids is 1. The summed E-state index contributed by atoms with van der Waals surface area (Å²) >= 11 is 0. The molecule has 0 bridgehead atoms. The Labute approximate surface area is 49.7 Å². The molecule has 0 aromatic carbocycles. The maximum Gasteiger partial charge on any atom is 0.177 e. The summed E-state index contributed by atoms with van der Waals surface area (Å²) in [7, 11) is 0. The summed E-state index contributed by atoms with van der Waals surface area (Å²) < 4.78 is 0. The Morgan fingerprint density at radius 3 is 2.12 bits per heavy atom.